The van der Waals surface area contributed by atoms with Crippen LogP contribution in [0, 0.1) is 0 Å². The van der Waals surface area contributed by atoms with Crippen molar-refractivity contribution in [3.8, 4) is 0 Å². The summed E-state index contributed by atoms with van der Waals surface area (Å²) in [6.07, 6.45) is 0. The molecular formula is C10H11BrN2. The van der Waals surface area contributed by atoms with Gasteiger partial charge in [0.25, 0.3) is 0 Å². The number of aromatic nitrogens is 2. The molecule has 0 spiro atoms. The zero-order chi connectivity index (χ0) is 9.42. The maximum atomic E-state index is 4.42. The monoisotopic (exact) mass is 238 g/mol. The highest BCUT2D eigenvalue weighted by Gasteiger charge is 2.08. The third kappa shape index (κ3) is 1.37. The number of hydrogen-bond acceptors (Lipinski definition) is 1. The fourth-order valence-electron chi connectivity index (χ4n) is 1.44. The third-order valence-electron chi connectivity index (χ3n) is 2.06. The van der Waals surface area contributed by atoms with E-state index in [9.17, 15) is 0 Å². The van der Waals surface area contributed by atoms with E-state index in [0.717, 1.165) is 4.60 Å². The minimum Gasteiger partial charge on any atom is -0.261 e. The summed E-state index contributed by atoms with van der Waals surface area (Å²) in [5.41, 5.74) is 1.18. The average Bonchev–Trinajstić information content (AvgIpc) is 2.45. The van der Waals surface area contributed by atoms with Gasteiger partial charge in [-0.2, -0.15) is 5.10 Å². The van der Waals surface area contributed by atoms with Crippen molar-refractivity contribution in [1.29, 1.82) is 0 Å². The Kier molecular flexibility index (Phi) is 2.12. The van der Waals surface area contributed by atoms with E-state index >= 15 is 0 Å². The van der Waals surface area contributed by atoms with Crippen LogP contribution in [0.1, 0.15) is 19.9 Å². The highest BCUT2D eigenvalue weighted by atomic mass is 79.9. The number of nitrogens with zero attached hydrogens (tertiary/aromatic N) is 2. The first-order chi connectivity index (χ1) is 6.20. The summed E-state index contributed by atoms with van der Waals surface area (Å²) in [4.78, 5) is 0. The van der Waals surface area contributed by atoms with Crippen molar-refractivity contribution in [3.63, 3.8) is 0 Å². The molecule has 0 amide bonds. The summed E-state index contributed by atoms with van der Waals surface area (Å²) < 4.78 is 2.95. The van der Waals surface area contributed by atoms with E-state index in [1.54, 1.807) is 0 Å². The molecule has 2 aromatic rings. The second-order valence-electron chi connectivity index (χ2n) is 3.35. The van der Waals surface area contributed by atoms with Gasteiger partial charge in [0, 0.05) is 11.4 Å². The average molecular weight is 239 g/mol. The molecule has 0 radical (unpaired) electrons. The van der Waals surface area contributed by atoms with Gasteiger partial charge in [0.2, 0.25) is 0 Å². The van der Waals surface area contributed by atoms with Gasteiger partial charge in [0.05, 0.1) is 5.52 Å². The van der Waals surface area contributed by atoms with E-state index < -0.39 is 0 Å². The highest BCUT2D eigenvalue weighted by molar-refractivity contribution is 9.10. The molecule has 0 aliphatic heterocycles. The molecule has 0 bridgehead atoms. The fraction of sp³-hybridized carbons (Fsp3) is 0.300. The van der Waals surface area contributed by atoms with Crippen LogP contribution >= 0.6 is 15.9 Å². The van der Waals surface area contributed by atoms with E-state index in [2.05, 4.69) is 47.0 Å². The molecule has 3 heteroatoms. The van der Waals surface area contributed by atoms with Crippen molar-refractivity contribution in [2.24, 2.45) is 0 Å². The summed E-state index contributed by atoms with van der Waals surface area (Å²) in [6, 6.07) is 8.63. The summed E-state index contributed by atoms with van der Waals surface area (Å²) >= 11 is 3.45. The minimum absolute atomic E-state index is 0.399. The summed E-state index contributed by atoms with van der Waals surface area (Å²) in [5, 5.41) is 5.60. The molecular weight excluding hydrogens is 228 g/mol. The summed E-state index contributed by atoms with van der Waals surface area (Å²) in [6.45, 7) is 4.26. The Bertz CT molecular complexity index is 431. The van der Waals surface area contributed by atoms with E-state index in [1.807, 2.05) is 16.8 Å². The molecule has 0 atom stereocenters. The standard InChI is InChI=1S/C10H11BrN2/c1-7(2)13-9-6-4-3-5-8(9)10(11)12-13/h3-7H,1-2H3. The molecule has 0 aliphatic rings. The lowest BCUT2D eigenvalue weighted by Gasteiger charge is -2.05. The number of hydrogen-bond donors (Lipinski definition) is 0. The number of para-hydroxylation sites is 1. The molecule has 0 saturated heterocycles. The highest BCUT2D eigenvalue weighted by Crippen LogP contribution is 2.24. The normalized spacial score (nSPS) is 11.4. The van der Waals surface area contributed by atoms with E-state index in [4.69, 9.17) is 0 Å². The van der Waals surface area contributed by atoms with Gasteiger partial charge >= 0.3 is 0 Å². The summed E-state index contributed by atoms with van der Waals surface area (Å²) in [7, 11) is 0. The second kappa shape index (κ2) is 3.14. The van der Waals surface area contributed by atoms with Crippen molar-refractivity contribution in [1.82, 2.24) is 9.78 Å². The topological polar surface area (TPSA) is 17.8 Å². The van der Waals surface area contributed by atoms with Gasteiger partial charge < -0.3 is 0 Å². The van der Waals surface area contributed by atoms with Gasteiger partial charge in [0.1, 0.15) is 4.60 Å². The van der Waals surface area contributed by atoms with Crippen LogP contribution < -0.4 is 0 Å². The minimum atomic E-state index is 0.399. The van der Waals surface area contributed by atoms with E-state index in [0.29, 0.717) is 6.04 Å². The summed E-state index contributed by atoms with van der Waals surface area (Å²) in [5.74, 6) is 0. The Morgan fingerprint density at radius 3 is 2.69 bits per heavy atom. The molecule has 1 aromatic carbocycles. The van der Waals surface area contributed by atoms with Gasteiger partial charge in [-0.05, 0) is 35.8 Å². The molecule has 13 heavy (non-hydrogen) atoms. The number of benzene rings is 1. The van der Waals surface area contributed by atoms with Crippen LogP contribution in [0.3, 0.4) is 0 Å². The van der Waals surface area contributed by atoms with Crippen molar-refractivity contribution in [2.75, 3.05) is 0 Å². The van der Waals surface area contributed by atoms with Gasteiger partial charge in [-0.1, -0.05) is 18.2 Å². The molecule has 0 unspecified atom stereocenters. The molecule has 0 fully saturated rings. The van der Waals surface area contributed by atoms with Crippen LogP contribution in [0.25, 0.3) is 10.9 Å². The predicted molar refractivity (Wildman–Crippen MR) is 57.8 cm³/mol. The van der Waals surface area contributed by atoms with Gasteiger partial charge in [-0.25, -0.2) is 0 Å². The Balaban J connectivity index is 2.78. The van der Waals surface area contributed by atoms with Crippen LogP contribution in [-0.4, -0.2) is 9.78 Å². The van der Waals surface area contributed by atoms with Crippen molar-refractivity contribution in [2.45, 2.75) is 19.9 Å². The van der Waals surface area contributed by atoms with Gasteiger partial charge in [0.15, 0.2) is 0 Å². The second-order valence-corrected chi connectivity index (χ2v) is 4.10. The first-order valence-corrected chi connectivity index (χ1v) is 5.12. The first-order valence-electron chi connectivity index (χ1n) is 4.33. The largest absolute Gasteiger partial charge is 0.261 e. The Labute approximate surface area is 85.7 Å². The molecule has 2 rings (SSSR count). The smallest absolute Gasteiger partial charge is 0.136 e. The van der Waals surface area contributed by atoms with E-state index in [-0.39, 0.29) is 0 Å². The zero-order valence-electron chi connectivity index (χ0n) is 7.66. The molecule has 0 saturated carbocycles. The van der Waals surface area contributed by atoms with Gasteiger partial charge in [-0.15, -0.1) is 0 Å². The maximum absolute atomic E-state index is 4.42. The molecule has 0 aliphatic carbocycles. The Hall–Kier alpha value is -0.830. The van der Waals surface area contributed by atoms with Crippen LogP contribution in [-0.2, 0) is 0 Å². The number of halogens is 1. The van der Waals surface area contributed by atoms with Crippen molar-refractivity contribution < 1.29 is 0 Å². The lowest BCUT2D eigenvalue weighted by atomic mass is 10.2. The SMILES string of the molecule is CC(C)n1nc(Br)c2ccccc21. The van der Waals surface area contributed by atoms with Crippen molar-refractivity contribution in [3.05, 3.63) is 28.9 Å². The molecule has 1 heterocycles. The number of rotatable bonds is 1. The molecule has 68 valence electrons. The third-order valence-corrected chi connectivity index (χ3v) is 2.64. The lowest BCUT2D eigenvalue weighted by molar-refractivity contribution is 0.548. The quantitative estimate of drug-likeness (QED) is 0.745. The first kappa shape index (κ1) is 8.75. The zero-order valence-corrected chi connectivity index (χ0v) is 9.25. The van der Waals surface area contributed by atoms with Crippen LogP contribution in [0.2, 0.25) is 0 Å². The van der Waals surface area contributed by atoms with Crippen LogP contribution in [0.15, 0.2) is 28.9 Å². The van der Waals surface area contributed by atoms with E-state index in [1.165, 1.54) is 10.9 Å². The predicted octanol–water partition coefficient (Wildman–Crippen LogP) is 3.38. The molecule has 1 aromatic heterocycles. The fourth-order valence-corrected chi connectivity index (χ4v) is 1.95. The maximum Gasteiger partial charge on any atom is 0.136 e. The molecule has 0 N–H and O–H groups in total. The van der Waals surface area contributed by atoms with Crippen LogP contribution in [0.5, 0.6) is 0 Å². The lowest BCUT2D eigenvalue weighted by Crippen LogP contribution is -2.01. The molecule has 2 nitrogen and oxygen atoms in total. The Morgan fingerprint density at radius 2 is 2.00 bits per heavy atom. The number of fused-ring (bicyclic) bond motifs is 1. The van der Waals surface area contributed by atoms with Gasteiger partial charge in [-0.3, -0.25) is 4.68 Å². The van der Waals surface area contributed by atoms with Crippen molar-refractivity contribution >= 4 is 26.8 Å². The Morgan fingerprint density at radius 1 is 1.31 bits per heavy atom. The van der Waals surface area contributed by atoms with Crippen LogP contribution in [0.4, 0.5) is 0 Å².